The minimum Gasteiger partial charge on any atom is -0.304 e. The number of barbiturate groups is 1. The molecule has 0 aromatic carbocycles. The number of urea groups is 1. The quantitative estimate of drug-likeness (QED) is 0.735. The van der Waals surface area contributed by atoms with E-state index in [1.165, 1.54) is 4.90 Å². The minimum absolute atomic E-state index is 0.101. The van der Waals surface area contributed by atoms with Gasteiger partial charge in [0.1, 0.15) is 5.41 Å². The standard InChI is InChI=1S/C15H23N3O3/c1-17-9-6-11(10-17)18-13(20)15(12(19)16-14(18)21)7-4-2-3-5-8-15/h11H,2-10H2,1H3,(H,16,19,21). The summed E-state index contributed by atoms with van der Waals surface area (Å²) < 4.78 is 0. The van der Waals surface area contributed by atoms with Crippen LogP contribution in [0.5, 0.6) is 0 Å². The van der Waals surface area contributed by atoms with Crippen LogP contribution in [-0.2, 0) is 9.59 Å². The molecule has 6 nitrogen and oxygen atoms in total. The summed E-state index contributed by atoms with van der Waals surface area (Å²) in [6.45, 7) is 1.58. The number of likely N-dealkylation sites (N-methyl/N-ethyl adjacent to an activating group) is 1. The van der Waals surface area contributed by atoms with Crippen molar-refractivity contribution in [3.05, 3.63) is 0 Å². The summed E-state index contributed by atoms with van der Waals surface area (Å²) in [6, 6.07) is -0.629. The van der Waals surface area contributed by atoms with Gasteiger partial charge in [-0.15, -0.1) is 0 Å². The zero-order valence-electron chi connectivity index (χ0n) is 12.6. The molecule has 0 aromatic heterocycles. The normalized spacial score (nSPS) is 30.6. The molecular weight excluding hydrogens is 270 g/mol. The lowest BCUT2D eigenvalue weighted by atomic mass is 9.76. The average molecular weight is 293 g/mol. The average Bonchev–Trinajstić information content (AvgIpc) is 2.73. The van der Waals surface area contributed by atoms with Gasteiger partial charge in [-0.1, -0.05) is 25.7 Å². The van der Waals surface area contributed by atoms with Crippen molar-refractivity contribution in [1.82, 2.24) is 15.1 Å². The zero-order valence-corrected chi connectivity index (χ0v) is 12.6. The molecule has 6 heteroatoms. The molecule has 116 valence electrons. The number of hydrogen-bond acceptors (Lipinski definition) is 4. The van der Waals surface area contributed by atoms with Crippen LogP contribution in [0.4, 0.5) is 4.79 Å². The summed E-state index contributed by atoms with van der Waals surface area (Å²) in [4.78, 5) is 41.0. The number of rotatable bonds is 1. The van der Waals surface area contributed by atoms with Gasteiger partial charge < -0.3 is 4.90 Å². The second kappa shape index (κ2) is 5.40. The van der Waals surface area contributed by atoms with E-state index < -0.39 is 11.4 Å². The van der Waals surface area contributed by atoms with Crippen molar-refractivity contribution in [2.24, 2.45) is 5.41 Å². The molecule has 3 fully saturated rings. The predicted molar refractivity (Wildman–Crippen MR) is 76.4 cm³/mol. The molecule has 2 saturated heterocycles. The zero-order chi connectivity index (χ0) is 15.0. The Morgan fingerprint density at radius 3 is 2.33 bits per heavy atom. The Morgan fingerprint density at radius 1 is 1.10 bits per heavy atom. The highest BCUT2D eigenvalue weighted by atomic mass is 16.2. The van der Waals surface area contributed by atoms with Gasteiger partial charge in [0.15, 0.2) is 0 Å². The highest BCUT2D eigenvalue weighted by molar-refractivity contribution is 6.19. The van der Waals surface area contributed by atoms with Crippen LogP contribution < -0.4 is 5.32 Å². The van der Waals surface area contributed by atoms with Gasteiger partial charge in [0.2, 0.25) is 11.8 Å². The summed E-state index contributed by atoms with van der Waals surface area (Å²) in [5.74, 6) is -0.625. The largest absolute Gasteiger partial charge is 0.331 e. The maximum atomic E-state index is 13.0. The second-order valence-corrected chi connectivity index (χ2v) is 6.64. The molecule has 1 spiro atoms. The van der Waals surface area contributed by atoms with Gasteiger partial charge >= 0.3 is 6.03 Å². The number of nitrogens with zero attached hydrogens (tertiary/aromatic N) is 2. The van der Waals surface area contributed by atoms with E-state index in [1.807, 2.05) is 7.05 Å². The molecule has 1 aliphatic carbocycles. The van der Waals surface area contributed by atoms with Gasteiger partial charge in [-0.3, -0.25) is 19.8 Å². The molecule has 2 heterocycles. The van der Waals surface area contributed by atoms with Crippen LogP contribution in [0, 0.1) is 5.41 Å². The fraction of sp³-hybridized carbons (Fsp3) is 0.800. The number of carbonyl (C=O) groups is 3. The Labute approximate surface area is 124 Å². The van der Waals surface area contributed by atoms with E-state index in [1.54, 1.807) is 0 Å². The molecule has 21 heavy (non-hydrogen) atoms. The predicted octanol–water partition coefficient (Wildman–Crippen LogP) is 1.11. The maximum Gasteiger partial charge on any atom is 0.331 e. The van der Waals surface area contributed by atoms with Crippen molar-refractivity contribution in [3.63, 3.8) is 0 Å². The van der Waals surface area contributed by atoms with E-state index in [0.29, 0.717) is 19.4 Å². The SMILES string of the molecule is CN1CCC(N2C(=O)NC(=O)C3(CCCCCC3)C2=O)C1. The number of likely N-dealkylation sites (tertiary alicyclic amines) is 1. The summed E-state index contributed by atoms with van der Waals surface area (Å²) in [6.07, 6.45) is 5.82. The number of imide groups is 2. The molecule has 2 aliphatic heterocycles. The highest BCUT2D eigenvalue weighted by Gasteiger charge is 2.55. The third-order valence-electron chi connectivity index (χ3n) is 5.19. The van der Waals surface area contributed by atoms with Crippen LogP contribution in [0.1, 0.15) is 44.9 Å². The first-order valence-corrected chi connectivity index (χ1v) is 7.92. The Hall–Kier alpha value is -1.43. The van der Waals surface area contributed by atoms with Crippen molar-refractivity contribution < 1.29 is 14.4 Å². The fourth-order valence-corrected chi connectivity index (χ4v) is 3.92. The summed E-state index contributed by atoms with van der Waals surface area (Å²) >= 11 is 0. The third-order valence-corrected chi connectivity index (χ3v) is 5.19. The van der Waals surface area contributed by atoms with E-state index in [0.717, 1.165) is 38.6 Å². The molecule has 1 unspecified atom stereocenters. The maximum absolute atomic E-state index is 13.0. The lowest BCUT2D eigenvalue weighted by Gasteiger charge is -2.41. The number of carbonyl (C=O) groups excluding carboxylic acids is 3. The van der Waals surface area contributed by atoms with Crippen LogP contribution in [0.2, 0.25) is 0 Å². The number of hydrogen-bond donors (Lipinski definition) is 1. The summed E-state index contributed by atoms with van der Waals surface area (Å²) in [5.41, 5.74) is -0.994. The van der Waals surface area contributed by atoms with Gasteiger partial charge in [0, 0.05) is 6.54 Å². The summed E-state index contributed by atoms with van der Waals surface area (Å²) in [5, 5.41) is 2.45. The van der Waals surface area contributed by atoms with Crippen molar-refractivity contribution >= 4 is 17.8 Å². The van der Waals surface area contributed by atoms with Gasteiger partial charge in [0.05, 0.1) is 6.04 Å². The van der Waals surface area contributed by atoms with Crippen LogP contribution in [0.15, 0.2) is 0 Å². The van der Waals surface area contributed by atoms with Gasteiger partial charge in [-0.2, -0.15) is 0 Å². The molecule has 3 aliphatic rings. The Kier molecular flexibility index (Phi) is 3.73. The van der Waals surface area contributed by atoms with Crippen LogP contribution in [0.3, 0.4) is 0 Å². The van der Waals surface area contributed by atoms with Crippen LogP contribution >= 0.6 is 0 Å². The van der Waals surface area contributed by atoms with Crippen molar-refractivity contribution in [2.45, 2.75) is 51.0 Å². The molecule has 4 amide bonds. The van der Waals surface area contributed by atoms with E-state index in [4.69, 9.17) is 0 Å². The second-order valence-electron chi connectivity index (χ2n) is 6.64. The first kappa shape index (κ1) is 14.5. The monoisotopic (exact) mass is 293 g/mol. The summed E-state index contributed by atoms with van der Waals surface area (Å²) in [7, 11) is 1.99. The third kappa shape index (κ3) is 2.35. The van der Waals surface area contributed by atoms with Crippen molar-refractivity contribution in [2.75, 3.05) is 20.1 Å². The van der Waals surface area contributed by atoms with Crippen molar-refractivity contribution in [1.29, 1.82) is 0 Å². The smallest absolute Gasteiger partial charge is 0.304 e. The molecule has 1 N–H and O–H groups in total. The van der Waals surface area contributed by atoms with E-state index in [9.17, 15) is 14.4 Å². The highest BCUT2D eigenvalue weighted by Crippen LogP contribution is 2.40. The Balaban J connectivity index is 1.89. The lowest BCUT2D eigenvalue weighted by Crippen LogP contribution is -2.66. The van der Waals surface area contributed by atoms with Gasteiger partial charge in [-0.25, -0.2) is 4.79 Å². The van der Waals surface area contributed by atoms with E-state index >= 15 is 0 Å². The number of nitrogens with one attached hydrogen (secondary N) is 1. The van der Waals surface area contributed by atoms with E-state index in [-0.39, 0.29) is 17.9 Å². The van der Waals surface area contributed by atoms with Crippen molar-refractivity contribution in [3.8, 4) is 0 Å². The molecule has 3 rings (SSSR count). The molecule has 1 atom stereocenters. The molecular formula is C15H23N3O3. The lowest BCUT2D eigenvalue weighted by molar-refractivity contribution is -0.154. The first-order valence-electron chi connectivity index (χ1n) is 7.92. The molecule has 1 saturated carbocycles. The van der Waals surface area contributed by atoms with Crippen LogP contribution in [-0.4, -0.2) is 53.8 Å². The first-order chi connectivity index (χ1) is 10.0. The van der Waals surface area contributed by atoms with Gasteiger partial charge in [-0.05, 0) is 32.9 Å². The van der Waals surface area contributed by atoms with Gasteiger partial charge in [0.25, 0.3) is 0 Å². The fourth-order valence-electron chi connectivity index (χ4n) is 3.92. The Morgan fingerprint density at radius 2 is 1.76 bits per heavy atom. The van der Waals surface area contributed by atoms with E-state index in [2.05, 4.69) is 10.2 Å². The Bertz CT molecular complexity index is 469. The van der Waals surface area contributed by atoms with Crippen LogP contribution in [0.25, 0.3) is 0 Å². The molecule has 0 bridgehead atoms. The topological polar surface area (TPSA) is 69.7 Å². The molecule has 0 radical (unpaired) electrons. The molecule has 0 aromatic rings. The minimum atomic E-state index is -0.994. The number of amides is 4.